The first-order valence-corrected chi connectivity index (χ1v) is 10.3. The van der Waals surface area contributed by atoms with E-state index in [9.17, 15) is 9.59 Å². The molecule has 3 rings (SSSR count). The minimum atomic E-state index is -0.0180. The summed E-state index contributed by atoms with van der Waals surface area (Å²) >= 11 is 0. The van der Waals surface area contributed by atoms with Crippen LogP contribution in [0.15, 0.2) is 18.2 Å². The zero-order chi connectivity index (χ0) is 19.6. The monoisotopic (exact) mass is 371 g/mol. The summed E-state index contributed by atoms with van der Waals surface area (Å²) in [6.45, 7) is 5.97. The summed E-state index contributed by atoms with van der Waals surface area (Å²) < 4.78 is 0. The molecule has 4 N–H and O–H groups in total. The third-order valence-electron chi connectivity index (χ3n) is 6.03. The molecule has 1 aromatic carbocycles. The Morgan fingerprint density at radius 3 is 2.44 bits per heavy atom. The van der Waals surface area contributed by atoms with Crippen LogP contribution in [0.1, 0.15) is 68.3 Å². The smallest absolute Gasteiger partial charge is 0.251 e. The van der Waals surface area contributed by atoms with Crippen molar-refractivity contribution in [2.75, 3.05) is 5.32 Å². The minimum Gasteiger partial charge on any atom is -0.349 e. The van der Waals surface area contributed by atoms with Gasteiger partial charge in [0.1, 0.15) is 0 Å². The van der Waals surface area contributed by atoms with Crippen LogP contribution in [0.25, 0.3) is 0 Å². The lowest BCUT2D eigenvalue weighted by Gasteiger charge is -2.45. The maximum Gasteiger partial charge on any atom is 0.251 e. The molecule has 0 aliphatic heterocycles. The Bertz CT molecular complexity index is 687. The van der Waals surface area contributed by atoms with Crippen molar-refractivity contribution in [3.05, 3.63) is 29.3 Å². The van der Waals surface area contributed by atoms with Crippen LogP contribution in [0.5, 0.6) is 0 Å². The lowest BCUT2D eigenvalue weighted by Crippen LogP contribution is -2.53. The van der Waals surface area contributed by atoms with Crippen molar-refractivity contribution in [2.45, 2.75) is 71.4 Å². The van der Waals surface area contributed by atoms with E-state index in [-0.39, 0.29) is 23.9 Å². The zero-order valence-corrected chi connectivity index (χ0v) is 16.8. The van der Waals surface area contributed by atoms with Crippen LogP contribution >= 0.6 is 0 Å². The highest BCUT2D eigenvalue weighted by Crippen LogP contribution is 2.39. The molecule has 2 aliphatic rings. The molecule has 2 saturated carbocycles. The highest BCUT2D eigenvalue weighted by molar-refractivity contribution is 5.96. The van der Waals surface area contributed by atoms with Crippen LogP contribution in [0.4, 0.5) is 5.69 Å². The zero-order valence-electron chi connectivity index (χ0n) is 16.8. The van der Waals surface area contributed by atoms with E-state index < -0.39 is 0 Å². The molecule has 2 bridgehead atoms. The van der Waals surface area contributed by atoms with Crippen molar-refractivity contribution >= 4 is 17.5 Å². The predicted octanol–water partition coefficient (Wildman–Crippen LogP) is 3.62. The Labute approximate surface area is 162 Å². The predicted molar refractivity (Wildman–Crippen MR) is 109 cm³/mol. The second kappa shape index (κ2) is 8.42. The second-order valence-corrected chi connectivity index (χ2v) is 8.86. The third-order valence-corrected chi connectivity index (χ3v) is 6.03. The van der Waals surface area contributed by atoms with Gasteiger partial charge in [-0.2, -0.15) is 0 Å². The van der Waals surface area contributed by atoms with Crippen molar-refractivity contribution in [1.29, 1.82) is 0 Å². The maximum absolute atomic E-state index is 12.8. The number of aryl methyl sites for hydroxylation is 1. The van der Waals surface area contributed by atoms with E-state index >= 15 is 0 Å². The third kappa shape index (κ3) is 4.89. The minimum absolute atomic E-state index is 0.0108. The molecule has 2 unspecified atom stereocenters. The van der Waals surface area contributed by atoms with Crippen LogP contribution < -0.4 is 16.4 Å². The summed E-state index contributed by atoms with van der Waals surface area (Å²) in [6, 6.07) is 6.03. The van der Waals surface area contributed by atoms with Gasteiger partial charge in [0.2, 0.25) is 5.91 Å². The van der Waals surface area contributed by atoms with E-state index in [1.807, 2.05) is 32.9 Å². The van der Waals surface area contributed by atoms with Gasteiger partial charge in [0.05, 0.1) is 0 Å². The molecule has 0 radical (unpaired) electrons. The van der Waals surface area contributed by atoms with E-state index in [4.69, 9.17) is 5.73 Å². The van der Waals surface area contributed by atoms with Gasteiger partial charge in [0.25, 0.3) is 5.91 Å². The first-order chi connectivity index (χ1) is 12.8. The standard InChI is InChI=1S/C22H33N3O2/c1-13(2)9-20(26)24-19-8-7-17(10-14(19)3)22(27)25-21-15-5-4-6-16(21)12-18(23)11-15/h7-8,10,13,15-16,18,21H,4-6,9,11-12,23H2,1-3H3,(H,24,26)(H,25,27). The number of fused-ring (bicyclic) bond motifs is 2. The number of carbonyl (C=O) groups is 2. The van der Waals surface area contributed by atoms with E-state index in [1.165, 1.54) is 6.42 Å². The number of hydrogen-bond donors (Lipinski definition) is 3. The van der Waals surface area contributed by atoms with E-state index in [0.29, 0.717) is 29.7 Å². The molecular formula is C22H33N3O2. The largest absolute Gasteiger partial charge is 0.349 e. The van der Waals surface area contributed by atoms with Gasteiger partial charge in [-0.1, -0.05) is 20.3 Å². The van der Waals surface area contributed by atoms with Gasteiger partial charge in [-0.3, -0.25) is 9.59 Å². The molecule has 0 saturated heterocycles. The van der Waals surface area contributed by atoms with Crippen molar-refractivity contribution in [2.24, 2.45) is 23.5 Å². The Kier molecular flexibility index (Phi) is 6.20. The van der Waals surface area contributed by atoms with Crippen molar-refractivity contribution in [1.82, 2.24) is 5.32 Å². The Balaban J connectivity index is 1.65. The lowest BCUT2D eigenvalue weighted by atomic mass is 9.67. The average Bonchev–Trinajstić information content (AvgIpc) is 2.56. The molecule has 2 aliphatic carbocycles. The molecular weight excluding hydrogens is 338 g/mol. The van der Waals surface area contributed by atoms with Crippen LogP contribution in [0, 0.1) is 24.7 Å². The fourth-order valence-electron chi connectivity index (χ4n) is 4.78. The fourth-order valence-corrected chi connectivity index (χ4v) is 4.78. The van der Waals surface area contributed by atoms with Gasteiger partial charge in [0.15, 0.2) is 0 Å². The number of rotatable bonds is 5. The summed E-state index contributed by atoms with van der Waals surface area (Å²) in [5.41, 5.74) is 8.53. The summed E-state index contributed by atoms with van der Waals surface area (Å²) in [5.74, 6) is 1.32. The first-order valence-electron chi connectivity index (χ1n) is 10.3. The Hall–Kier alpha value is -1.88. The number of nitrogens with two attached hydrogens (primary N) is 1. The number of benzene rings is 1. The van der Waals surface area contributed by atoms with Crippen LogP contribution in [0.2, 0.25) is 0 Å². The Morgan fingerprint density at radius 2 is 1.85 bits per heavy atom. The molecule has 2 fully saturated rings. The SMILES string of the molecule is Cc1cc(C(=O)NC2C3CCCC2CC(N)C3)ccc1NC(=O)CC(C)C. The number of amides is 2. The summed E-state index contributed by atoms with van der Waals surface area (Å²) in [4.78, 5) is 24.8. The van der Waals surface area contributed by atoms with Crippen LogP contribution in [-0.4, -0.2) is 23.9 Å². The van der Waals surface area contributed by atoms with Gasteiger partial charge in [0, 0.05) is 29.8 Å². The molecule has 0 spiro atoms. The van der Waals surface area contributed by atoms with Crippen LogP contribution in [-0.2, 0) is 4.79 Å². The van der Waals surface area contributed by atoms with Crippen molar-refractivity contribution in [3.63, 3.8) is 0 Å². The quantitative estimate of drug-likeness (QED) is 0.739. The van der Waals surface area contributed by atoms with E-state index in [1.54, 1.807) is 6.07 Å². The van der Waals surface area contributed by atoms with Crippen LogP contribution in [0.3, 0.4) is 0 Å². The summed E-state index contributed by atoms with van der Waals surface area (Å²) in [6.07, 6.45) is 6.10. The molecule has 5 nitrogen and oxygen atoms in total. The topological polar surface area (TPSA) is 84.2 Å². The molecule has 148 valence electrons. The molecule has 5 heteroatoms. The van der Waals surface area contributed by atoms with Gasteiger partial charge in [-0.25, -0.2) is 0 Å². The van der Waals surface area contributed by atoms with E-state index in [0.717, 1.165) is 36.9 Å². The maximum atomic E-state index is 12.8. The molecule has 2 amide bonds. The van der Waals surface area contributed by atoms with Gasteiger partial charge in [-0.15, -0.1) is 0 Å². The second-order valence-electron chi connectivity index (χ2n) is 8.86. The van der Waals surface area contributed by atoms with E-state index in [2.05, 4.69) is 10.6 Å². The molecule has 1 aromatic rings. The number of carbonyl (C=O) groups excluding carboxylic acids is 2. The molecule has 0 heterocycles. The van der Waals surface area contributed by atoms with Crippen molar-refractivity contribution < 1.29 is 9.59 Å². The van der Waals surface area contributed by atoms with Gasteiger partial charge in [-0.05, 0) is 74.1 Å². The average molecular weight is 372 g/mol. The highest BCUT2D eigenvalue weighted by atomic mass is 16.2. The fraction of sp³-hybridized carbons (Fsp3) is 0.636. The molecule has 0 aromatic heterocycles. The summed E-state index contributed by atoms with van der Waals surface area (Å²) in [5, 5.41) is 6.23. The highest BCUT2D eigenvalue weighted by Gasteiger charge is 2.39. The molecule has 2 atom stereocenters. The lowest BCUT2D eigenvalue weighted by molar-refractivity contribution is -0.116. The number of hydrogen-bond acceptors (Lipinski definition) is 3. The normalized spacial score (nSPS) is 27.3. The van der Waals surface area contributed by atoms with Gasteiger partial charge >= 0.3 is 0 Å². The van der Waals surface area contributed by atoms with Gasteiger partial charge < -0.3 is 16.4 Å². The van der Waals surface area contributed by atoms with Crippen molar-refractivity contribution in [3.8, 4) is 0 Å². The summed E-state index contributed by atoms with van der Waals surface area (Å²) in [7, 11) is 0. The Morgan fingerprint density at radius 1 is 1.19 bits per heavy atom. The number of anilines is 1. The number of nitrogens with one attached hydrogen (secondary N) is 2. The first kappa shape index (κ1) is 19.9. The molecule has 27 heavy (non-hydrogen) atoms.